The number of alkyl halides is 3. The van der Waals surface area contributed by atoms with E-state index in [2.05, 4.69) is 9.80 Å². The van der Waals surface area contributed by atoms with E-state index >= 15 is 0 Å². The second kappa shape index (κ2) is 9.48. The summed E-state index contributed by atoms with van der Waals surface area (Å²) in [5.74, 6) is 0.766. The number of benzene rings is 2. The lowest BCUT2D eigenvalue weighted by molar-refractivity contribution is -0.137. The molecule has 0 amide bonds. The van der Waals surface area contributed by atoms with Gasteiger partial charge in [-0.1, -0.05) is 29.6 Å². The predicted octanol–water partition coefficient (Wildman–Crippen LogP) is 5.90. The van der Waals surface area contributed by atoms with Crippen LogP contribution in [0, 0.1) is 0 Å². The minimum absolute atomic E-state index is 0.246. The first-order valence-electron chi connectivity index (χ1n) is 11.5. The monoisotopic (exact) mass is 522 g/mol. The highest BCUT2D eigenvalue weighted by Crippen LogP contribution is 2.33. The van der Waals surface area contributed by atoms with Crippen molar-refractivity contribution in [2.24, 2.45) is 0 Å². The fourth-order valence-corrected chi connectivity index (χ4v) is 5.09. The highest BCUT2D eigenvalue weighted by molar-refractivity contribution is 6.36. The summed E-state index contributed by atoms with van der Waals surface area (Å²) < 4.78 is 40.5. The third-order valence-corrected chi connectivity index (χ3v) is 7.31. The third kappa shape index (κ3) is 4.92. The summed E-state index contributed by atoms with van der Waals surface area (Å²) in [6.07, 6.45) is -0.726. The fraction of sp³-hybridized carbons (Fsp3) is 0.360. The first-order chi connectivity index (χ1) is 16.7. The number of halogens is 5. The van der Waals surface area contributed by atoms with Crippen LogP contribution in [0.15, 0.2) is 53.3 Å². The molecule has 10 heteroatoms. The average Bonchev–Trinajstić information content (AvgIpc) is 2.77. The summed E-state index contributed by atoms with van der Waals surface area (Å²) in [5, 5.41) is 0.711. The van der Waals surface area contributed by atoms with Crippen LogP contribution < -0.4 is 10.5 Å². The van der Waals surface area contributed by atoms with Gasteiger partial charge < -0.3 is 4.90 Å². The van der Waals surface area contributed by atoms with Crippen LogP contribution in [0.4, 0.5) is 19.0 Å². The van der Waals surface area contributed by atoms with Gasteiger partial charge in [-0.15, -0.1) is 0 Å². The molecular weight excluding hydrogens is 500 g/mol. The molecule has 5 nitrogen and oxygen atoms in total. The fourth-order valence-electron chi connectivity index (χ4n) is 4.60. The number of aromatic nitrogens is 2. The van der Waals surface area contributed by atoms with E-state index in [0.717, 1.165) is 38.3 Å². The molecule has 35 heavy (non-hydrogen) atoms. The maximum absolute atomic E-state index is 13.4. The second-order valence-electron chi connectivity index (χ2n) is 8.89. The number of rotatable bonds is 4. The number of piperazine rings is 1. The molecular formula is C25H23Cl2F3N4O. The lowest BCUT2D eigenvalue weighted by atomic mass is 9.91. The van der Waals surface area contributed by atoms with Crippen molar-refractivity contribution in [3.63, 3.8) is 0 Å². The van der Waals surface area contributed by atoms with Crippen LogP contribution in [0.3, 0.4) is 0 Å². The minimum atomic E-state index is -4.48. The van der Waals surface area contributed by atoms with Crippen LogP contribution in [-0.2, 0) is 6.18 Å². The van der Waals surface area contributed by atoms with Gasteiger partial charge >= 0.3 is 6.18 Å². The SMILES string of the molecule is O=c1cc(N2CCN(C3CCC3)CC2)nc(-c2ccc(Cl)cc2Cl)n1-c1ccc(C(F)(F)F)cc1. The maximum atomic E-state index is 13.4. The van der Waals surface area contributed by atoms with E-state index in [9.17, 15) is 18.0 Å². The molecule has 1 aromatic heterocycles. The second-order valence-corrected chi connectivity index (χ2v) is 9.73. The molecule has 1 aliphatic carbocycles. The Kier molecular flexibility index (Phi) is 6.55. The van der Waals surface area contributed by atoms with Gasteiger partial charge in [0.05, 0.1) is 16.3 Å². The Hall–Kier alpha value is -2.55. The van der Waals surface area contributed by atoms with Gasteiger partial charge in [-0.25, -0.2) is 4.98 Å². The molecule has 0 N–H and O–H groups in total. The van der Waals surface area contributed by atoms with Crippen molar-refractivity contribution < 1.29 is 13.2 Å². The zero-order valence-electron chi connectivity index (χ0n) is 18.7. The molecule has 1 saturated carbocycles. The van der Waals surface area contributed by atoms with Crippen molar-refractivity contribution in [2.75, 3.05) is 31.1 Å². The minimum Gasteiger partial charge on any atom is -0.354 e. The smallest absolute Gasteiger partial charge is 0.354 e. The summed E-state index contributed by atoms with van der Waals surface area (Å²) in [4.78, 5) is 22.7. The van der Waals surface area contributed by atoms with Gasteiger partial charge in [0.15, 0.2) is 5.82 Å². The first-order valence-corrected chi connectivity index (χ1v) is 12.2. The van der Waals surface area contributed by atoms with Crippen LogP contribution in [0.25, 0.3) is 17.1 Å². The molecule has 0 atom stereocenters. The summed E-state index contributed by atoms with van der Waals surface area (Å²) >= 11 is 12.5. The molecule has 0 spiro atoms. The number of hydrogen-bond acceptors (Lipinski definition) is 4. The Labute approximate surface area is 210 Å². The number of anilines is 1. The van der Waals surface area contributed by atoms with E-state index in [1.165, 1.54) is 42.0 Å². The van der Waals surface area contributed by atoms with Gasteiger partial charge in [-0.2, -0.15) is 13.2 Å². The van der Waals surface area contributed by atoms with Crippen molar-refractivity contribution in [1.29, 1.82) is 0 Å². The zero-order chi connectivity index (χ0) is 24.7. The molecule has 184 valence electrons. The van der Waals surface area contributed by atoms with Gasteiger partial charge in [-0.05, 0) is 55.3 Å². The van der Waals surface area contributed by atoms with Gasteiger partial charge in [0.25, 0.3) is 5.56 Å². The Morgan fingerprint density at radius 3 is 2.17 bits per heavy atom. The van der Waals surface area contributed by atoms with Crippen LogP contribution in [0.1, 0.15) is 24.8 Å². The zero-order valence-corrected chi connectivity index (χ0v) is 20.2. The summed E-state index contributed by atoms with van der Waals surface area (Å²) in [6.45, 7) is 3.26. The first kappa shape index (κ1) is 24.2. The van der Waals surface area contributed by atoms with E-state index in [0.29, 0.717) is 22.4 Å². The lowest BCUT2D eigenvalue weighted by Crippen LogP contribution is -2.52. The van der Waals surface area contributed by atoms with Crippen LogP contribution in [0.5, 0.6) is 0 Å². The van der Waals surface area contributed by atoms with E-state index in [1.807, 2.05) is 0 Å². The molecule has 2 aromatic carbocycles. The van der Waals surface area contributed by atoms with Crippen molar-refractivity contribution in [3.8, 4) is 17.1 Å². The maximum Gasteiger partial charge on any atom is 0.416 e. The molecule has 1 aliphatic heterocycles. The Morgan fingerprint density at radius 1 is 0.914 bits per heavy atom. The summed E-state index contributed by atoms with van der Waals surface area (Å²) in [6, 6.07) is 11.3. The largest absolute Gasteiger partial charge is 0.416 e. The van der Waals surface area contributed by atoms with Gasteiger partial charge in [0, 0.05) is 48.9 Å². The van der Waals surface area contributed by atoms with Gasteiger partial charge in [-0.3, -0.25) is 14.3 Å². The third-order valence-electron chi connectivity index (χ3n) is 6.76. The molecule has 2 heterocycles. The van der Waals surface area contributed by atoms with Crippen LogP contribution in [0.2, 0.25) is 10.0 Å². The number of hydrogen-bond donors (Lipinski definition) is 0. The normalized spacial score (nSPS) is 17.5. The molecule has 2 aliphatic rings. The van der Waals surface area contributed by atoms with E-state index in [-0.39, 0.29) is 16.5 Å². The van der Waals surface area contributed by atoms with Crippen molar-refractivity contribution in [2.45, 2.75) is 31.5 Å². The predicted molar refractivity (Wildman–Crippen MR) is 132 cm³/mol. The van der Waals surface area contributed by atoms with Gasteiger partial charge in [0.1, 0.15) is 5.82 Å². The van der Waals surface area contributed by atoms with E-state index in [1.54, 1.807) is 18.2 Å². The molecule has 1 saturated heterocycles. The quantitative estimate of drug-likeness (QED) is 0.427. The molecule has 5 rings (SSSR count). The van der Waals surface area contributed by atoms with Crippen molar-refractivity contribution in [3.05, 3.63) is 74.5 Å². The Morgan fingerprint density at radius 2 is 1.60 bits per heavy atom. The van der Waals surface area contributed by atoms with E-state index < -0.39 is 17.3 Å². The van der Waals surface area contributed by atoms with E-state index in [4.69, 9.17) is 28.2 Å². The Balaban J connectivity index is 1.56. The summed E-state index contributed by atoms with van der Waals surface area (Å²) in [5.41, 5.74) is -0.479. The molecule has 2 fully saturated rings. The molecule has 0 radical (unpaired) electrons. The van der Waals surface area contributed by atoms with Gasteiger partial charge in [0.2, 0.25) is 0 Å². The standard InChI is InChI=1S/C25H23Cl2F3N4O/c26-17-6-9-20(21(27)14-17)24-31-22(33-12-10-32(11-13-33)18-2-1-3-18)15-23(35)34(24)19-7-4-16(5-8-19)25(28,29)30/h4-9,14-15,18H,1-3,10-13H2. The molecule has 0 unspecified atom stereocenters. The lowest BCUT2D eigenvalue weighted by Gasteiger charge is -2.43. The van der Waals surface area contributed by atoms with Crippen LogP contribution in [-0.4, -0.2) is 46.7 Å². The highest BCUT2D eigenvalue weighted by Gasteiger charge is 2.31. The van der Waals surface area contributed by atoms with Crippen LogP contribution >= 0.6 is 23.2 Å². The molecule has 3 aromatic rings. The molecule has 0 bridgehead atoms. The average molecular weight is 523 g/mol. The number of nitrogens with zero attached hydrogens (tertiary/aromatic N) is 4. The topological polar surface area (TPSA) is 41.4 Å². The highest BCUT2D eigenvalue weighted by atomic mass is 35.5. The van der Waals surface area contributed by atoms with Crippen molar-refractivity contribution in [1.82, 2.24) is 14.5 Å². The Bertz CT molecular complexity index is 1280. The van der Waals surface area contributed by atoms with Crippen molar-refractivity contribution >= 4 is 29.0 Å². The summed E-state index contributed by atoms with van der Waals surface area (Å²) in [7, 11) is 0.